The summed E-state index contributed by atoms with van der Waals surface area (Å²) >= 11 is 0. The van der Waals surface area contributed by atoms with Crippen molar-refractivity contribution in [1.29, 1.82) is 0 Å². The molecule has 0 radical (unpaired) electrons. The highest BCUT2D eigenvalue weighted by Crippen LogP contribution is 2.20. The van der Waals surface area contributed by atoms with Gasteiger partial charge in [0.2, 0.25) is 0 Å². The normalized spacial score (nSPS) is 14.7. The highest BCUT2D eigenvalue weighted by atomic mass is 16.5. The maximum atomic E-state index is 5.66. The van der Waals surface area contributed by atoms with Crippen molar-refractivity contribution in [3.05, 3.63) is 29.3 Å². The molecule has 0 unspecified atom stereocenters. The van der Waals surface area contributed by atoms with Crippen LogP contribution in [0.4, 0.5) is 0 Å². The third-order valence-electron chi connectivity index (χ3n) is 2.87. The van der Waals surface area contributed by atoms with Crippen molar-refractivity contribution in [3.8, 4) is 5.75 Å². The third kappa shape index (κ3) is 3.39. The zero-order chi connectivity index (χ0) is 12.8. The van der Waals surface area contributed by atoms with E-state index in [4.69, 9.17) is 4.74 Å². The number of nitrogens with zero attached hydrogens (tertiary/aromatic N) is 1. The lowest BCUT2D eigenvalue weighted by molar-refractivity contribution is 0.336. The molecule has 0 saturated carbocycles. The van der Waals surface area contributed by atoms with Gasteiger partial charge in [0.05, 0.1) is 6.61 Å². The molecule has 0 saturated heterocycles. The van der Waals surface area contributed by atoms with E-state index in [0.29, 0.717) is 6.61 Å². The van der Waals surface area contributed by atoms with E-state index in [1.165, 1.54) is 5.56 Å². The molecule has 2 rings (SSSR count). The van der Waals surface area contributed by atoms with Gasteiger partial charge in [-0.2, -0.15) is 0 Å². The lowest BCUT2D eigenvalue weighted by Gasteiger charge is -2.17. The lowest BCUT2D eigenvalue weighted by atomic mass is 10.1. The van der Waals surface area contributed by atoms with Crippen LogP contribution in [0.5, 0.6) is 5.75 Å². The Balaban J connectivity index is 2.01. The number of ether oxygens (including phenoxy) is 1. The summed E-state index contributed by atoms with van der Waals surface area (Å²) in [6.45, 7) is 7.41. The summed E-state index contributed by atoms with van der Waals surface area (Å²) < 4.78 is 5.66. The summed E-state index contributed by atoms with van der Waals surface area (Å²) in [5, 5.41) is 6.57. The van der Waals surface area contributed by atoms with Crippen LogP contribution < -0.4 is 15.4 Å². The second-order valence-electron chi connectivity index (χ2n) is 4.41. The van der Waals surface area contributed by atoms with E-state index in [1.807, 2.05) is 6.92 Å². The molecule has 0 aliphatic carbocycles. The van der Waals surface area contributed by atoms with E-state index in [2.05, 4.69) is 40.7 Å². The van der Waals surface area contributed by atoms with E-state index < -0.39 is 0 Å². The molecular weight excluding hydrogens is 226 g/mol. The molecule has 1 aromatic rings. The average molecular weight is 247 g/mol. The fourth-order valence-electron chi connectivity index (χ4n) is 1.93. The molecule has 1 aromatic carbocycles. The van der Waals surface area contributed by atoms with Gasteiger partial charge in [-0.1, -0.05) is 12.1 Å². The molecule has 4 heteroatoms. The van der Waals surface area contributed by atoms with E-state index in [0.717, 1.165) is 43.3 Å². The SMILES string of the molecule is CCOc1cc(C)ccc1CNC1=NCCCN1. The van der Waals surface area contributed by atoms with Crippen LogP contribution in [-0.4, -0.2) is 25.7 Å². The summed E-state index contributed by atoms with van der Waals surface area (Å²) in [5.74, 6) is 1.85. The van der Waals surface area contributed by atoms with Crippen LogP contribution in [0.3, 0.4) is 0 Å². The first-order valence-electron chi connectivity index (χ1n) is 6.54. The Kier molecular flexibility index (Phi) is 4.45. The summed E-state index contributed by atoms with van der Waals surface area (Å²) in [6.07, 6.45) is 1.11. The summed E-state index contributed by atoms with van der Waals surface area (Å²) in [7, 11) is 0. The van der Waals surface area contributed by atoms with Crippen LogP contribution in [0.25, 0.3) is 0 Å². The Morgan fingerprint density at radius 1 is 1.44 bits per heavy atom. The molecule has 98 valence electrons. The Bertz CT molecular complexity index is 429. The van der Waals surface area contributed by atoms with Gasteiger partial charge >= 0.3 is 0 Å². The van der Waals surface area contributed by atoms with Crippen LogP contribution in [0, 0.1) is 6.92 Å². The molecule has 2 N–H and O–H groups in total. The topological polar surface area (TPSA) is 45.6 Å². The molecule has 4 nitrogen and oxygen atoms in total. The minimum absolute atomic E-state index is 0.690. The van der Waals surface area contributed by atoms with Gasteiger partial charge in [0.1, 0.15) is 5.75 Å². The molecule has 0 aromatic heterocycles. The maximum Gasteiger partial charge on any atom is 0.191 e. The molecular formula is C14H21N3O. The first-order chi connectivity index (χ1) is 8.79. The number of rotatable bonds is 4. The van der Waals surface area contributed by atoms with Crippen molar-refractivity contribution in [2.45, 2.75) is 26.8 Å². The van der Waals surface area contributed by atoms with Crippen molar-refractivity contribution < 1.29 is 4.74 Å². The van der Waals surface area contributed by atoms with Gasteiger partial charge in [0.25, 0.3) is 0 Å². The van der Waals surface area contributed by atoms with Gasteiger partial charge in [-0.25, -0.2) is 0 Å². The van der Waals surface area contributed by atoms with Crippen molar-refractivity contribution >= 4 is 5.96 Å². The molecule has 1 aliphatic rings. The van der Waals surface area contributed by atoms with Crippen LogP contribution in [0.2, 0.25) is 0 Å². The first-order valence-corrected chi connectivity index (χ1v) is 6.54. The monoisotopic (exact) mass is 247 g/mol. The summed E-state index contributed by atoms with van der Waals surface area (Å²) in [4.78, 5) is 4.39. The molecule has 18 heavy (non-hydrogen) atoms. The van der Waals surface area contributed by atoms with Gasteiger partial charge < -0.3 is 15.4 Å². The predicted molar refractivity (Wildman–Crippen MR) is 74.1 cm³/mol. The fourth-order valence-corrected chi connectivity index (χ4v) is 1.93. The standard InChI is InChI=1S/C14H21N3O/c1-3-18-13-9-11(2)5-6-12(13)10-17-14-15-7-4-8-16-14/h5-6,9H,3-4,7-8,10H2,1-2H3,(H2,15,16,17). The molecule has 0 spiro atoms. The minimum atomic E-state index is 0.690. The molecule has 1 aliphatic heterocycles. The Hall–Kier alpha value is -1.71. The summed E-state index contributed by atoms with van der Waals surface area (Å²) in [6, 6.07) is 6.29. The summed E-state index contributed by atoms with van der Waals surface area (Å²) in [5.41, 5.74) is 2.38. The number of hydrogen-bond donors (Lipinski definition) is 2. The number of hydrogen-bond acceptors (Lipinski definition) is 4. The molecule has 0 fully saturated rings. The predicted octanol–water partition coefficient (Wildman–Crippen LogP) is 1.83. The zero-order valence-electron chi connectivity index (χ0n) is 11.1. The second-order valence-corrected chi connectivity index (χ2v) is 4.41. The smallest absolute Gasteiger partial charge is 0.191 e. The Labute approximate surface area is 108 Å². The second kappa shape index (κ2) is 6.28. The van der Waals surface area contributed by atoms with Gasteiger partial charge in [0, 0.05) is 25.2 Å². The molecule has 1 heterocycles. The highest BCUT2D eigenvalue weighted by Gasteiger charge is 2.07. The molecule has 0 bridgehead atoms. The molecule has 0 atom stereocenters. The van der Waals surface area contributed by atoms with Crippen molar-refractivity contribution in [3.63, 3.8) is 0 Å². The average Bonchev–Trinajstić information content (AvgIpc) is 2.39. The number of benzene rings is 1. The lowest BCUT2D eigenvalue weighted by Crippen LogP contribution is -2.40. The van der Waals surface area contributed by atoms with Crippen molar-refractivity contribution in [2.24, 2.45) is 4.99 Å². The fraction of sp³-hybridized carbons (Fsp3) is 0.500. The number of aliphatic imine (C=N–C) groups is 1. The quantitative estimate of drug-likeness (QED) is 0.853. The van der Waals surface area contributed by atoms with Crippen LogP contribution in [0.1, 0.15) is 24.5 Å². The van der Waals surface area contributed by atoms with Gasteiger partial charge in [-0.3, -0.25) is 4.99 Å². The van der Waals surface area contributed by atoms with E-state index in [9.17, 15) is 0 Å². The maximum absolute atomic E-state index is 5.66. The van der Waals surface area contributed by atoms with E-state index >= 15 is 0 Å². The first kappa shape index (κ1) is 12.7. The highest BCUT2D eigenvalue weighted by molar-refractivity contribution is 5.80. The Morgan fingerprint density at radius 2 is 2.33 bits per heavy atom. The molecule has 0 amide bonds. The van der Waals surface area contributed by atoms with E-state index in [1.54, 1.807) is 0 Å². The van der Waals surface area contributed by atoms with Crippen LogP contribution in [-0.2, 0) is 6.54 Å². The van der Waals surface area contributed by atoms with E-state index in [-0.39, 0.29) is 0 Å². The van der Waals surface area contributed by atoms with Gasteiger partial charge in [-0.15, -0.1) is 0 Å². The van der Waals surface area contributed by atoms with Gasteiger partial charge in [-0.05, 0) is 31.9 Å². The van der Waals surface area contributed by atoms with Crippen molar-refractivity contribution in [2.75, 3.05) is 19.7 Å². The number of nitrogens with one attached hydrogen (secondary N) is 2. The third-order valence-corrected chi connectivity index (χ3v) is 2.87. The van der Waals surface area contributed by atoms with Crippen LogP contribution >= 0.6 is 0 Å². The van der Waals surface area contributed by atoms with Crippen LogP contribution in [0.15, 0.2) is 23.2 Å². The number of aryl methyl sites for hydroxylation is 1. The Morgan fingerprint density at radius 3 is 3.06 bits per heavy atom. The minimum Gasteiger partial charge on any atom is -0.494 e. The van der Waals surface area contributed by atoms with Crippen molar-refractivity contribution in [1.82, 2.24) is 10.6 Å². The largest absolute Gasteiger partial charge is 0.494 e. The number of guanidine groups is 1. The van der Waals surface area contributed by atoms with Gasteiger partial charge in [0.15, 0.2) is 5.96 Å². The zero-order valence-corrected chi connectivity index (χ0v) is 11.1.